The Hall–Kier alpha value is -2.13. The van der Waals surface area contributed by atoms with Gasteiger partial charge in [0.25, 0.3) is 0 Å². The van der Waals surface area contributed by atoms with Crippen LogP contribution in [0.15, 0.2) is 29.2 Å². The number of nitrogens with one attached hydrogen (secondary N) is 2. The molecule has 1 aromatic rings. The molecule has 0 aromatic heterocycles. The minimum Gasteiger partial charge on any atom is -0.497 e. The molecule has 0 bridgehead atoms. The summed E-state index contributed by atoms with van der Waals surface area (Å²) in [5.74, 6) is 0.666. The Morgan fingerprint density at radius 3 is 2.21 bits per heavy atom. The number of methoxy groups -OCH3 is 1. The maximum Gasteiger partial charge on any atom is 0.245 e. The summed E-state index contributed by atoms with van der Waals surface area (Å²) in [5.41, 5.74) is 0. The van der Waals surface area contributed by atoms with Crippen LogP contribution in [-0.2, 0) is 19.6 Å². The number of piperidine rings is 1. The van der Waals surface area contributed by atoms with E-state index in [1.54, 1.807) is 12.1 Å². The fourth-order valence-electron chi connectivity index (χ4n) is 4.79. The van der Waals surface area contributed by atoms with Crippen LogP contribution in [0, 0.1) is 17.8 Å². The SMILES string of the molecule is COc1ccc(S(=O)(=O)NCC2CCC(C(=O)N[C@@H](C(=O)N3CCCCC3)C(C)C)CC2)cc1. The highest BCUT2D eigenvalue weighted by atomic mass is 32.2. The van der Waals surface area contributed by atoms with Crippen molar-refractivity contribution in [2.45, 2.75) is 69.7 Å². The van der Waals surface area contributed by atoms with Crippen LogP contribution in [0.1, 0.15) is 58.8 Å². The molecular weight excluding hydrogens is 454 g/mol. The summed E-state index contributed by atoms with van der Waals surface area (Å²) in [6, 6.07) is 5.81. The fraction of sp³-hybridized carbons (Fsp3) is 0.680. The molecule has 2 N–H and O–H groups in total. The number of ether oxygens (including phenoxy) is 1. The molecule has 1 aliphatic heterocycles. The van der Waals surface area contributed by atoms with E-state index in [9.17, 15) is 18.0 Å². The summed E-state index contributed by atoms with van der Waals surface area (Å²) < 4.78 is 32.9. The van der Waals surface area contributed by atoms with Crippen LogP contribution in [0.5, 0.6) is 5.75 Å². The predicted molar refractivity (Wildman–Crippen MR) is 131 cm³/mol. The van der Waals surface area contributed by atoms with E-state index in [0.717, 1.165) is 45.2 Å². The van der Waals surface area contributed by atoms with Crippen molar-refractivity contribution in [3.05, 3.63) is 24.3 Å². The van der Waals surface area contributed by atoms with Crippen molar-refractivity contribution in [2.75, 3.05) is 26.7 Å². The molecule has 3 rings (SSSR count). The number of rotatable bonds is 9. The molecule has 0 spiro atoms. The number of amides is 2. The van der Waals surface area contributed by atoms with E-state index in [4.69, 9.17) is 4.74 Å². The third-order valence-corrected chi connectivity index (χ3v) is 8.49. The van der Waals surface area contributed by atoms with Crippen molar-refractivity contribution >= 4 is 21.8 Å². The number of sulfonamides is 1. The highest BCUT2D eigenvalue weighted by molar-refractivity contribution is 7.89. The highest BCUT2D eigenvalue weighted by Crippen LogP contribution is 2.29. The Bertz CT molecular complexity index is 918. The molecule has 9 heteroatoms. The smallest absolute Gasteiger partial charge is 0.245 e. The van der Waals surface area contributed by atoms with Crippen molar-refractivity contribution in [1.29, 1.82) is 0 Å². The first-order chi connectivity index (χ1) is 16.2. The zero-order valence-corrected chi connectivity index (χ0v) is 21.4. The van der Waals surface area contributed by atoms with Crippen molar-refractivity contribution < 1.29 is 22.7 Å². The lowest BCUT2D eigenvalue weighted by molar-refractivity contribution is -0.139. The van der Waals surface area contributed by atoms with Gasteiger partial charge in [-0.25, -0.2) is 13.1 Å². The number of benzene rings is 1. The van der Waals surface area contributed by atoms with Gasteiger partial charge >= 0.3 is 0 Å². The average molecular weight is 494 g/mol. The molecule has 34 heavy (non-hydrogen) atoms. The van der Waals surface area contributed by atoms with Crippen molar-refractivity contribution in [3.63, 3.8) is 0 Å². The topological polar surface area (TPSA) is 105 Å². The van der Waals surface area contributed by atoms with Crippen LogP contribution in [0.25, 0.3) is 0 Å². The third kappa shape index (κ3) is 6.95. The summed E-state index contributed by atoms with van der Waals surface area (Å²) in [6.07, 6.45) is 6.15. The van der Waals surface area contributed by atoms with Gasteiger partial charge in [-0.1, -0.05) is 13.8 Å². The molecule has 1 aromatic carbocycles. The second-order valence-corrected chi connectivity index (χ2v) is 11.6. The van der Waals surface area contributed by atoms with Gasteiger partial charge in [-0.15, -0.1) is 0 Å². The maximum absolute atomic E-state index is 13.0. The number of carbonyl (C=O) groups is 2. The maximum atomic E-state index is 13.0. The van der Waals surface area contributed by atoms with E-state index < -0.39 is 16.1 Å². The summed E-state index contributed by atoms with van der Waals surface area (Å²) in [7, 11) is -2.05. The van der Waals surface area contributed by atoms with Gasteiger partial charge < -0.3 is 15.0 Å². The van der Waals surface area contributed by atoms with Crippen LogP contribution in [0.3, 0.4) is 0 Å². The van der Waals surface area contributed by atoms with E-state index in [1.165, 1.54) is 19.2 Å². The van der Waals surface area contributed by atoms with E-state index in [-0.39, 0.29) is 34.5 Å². The molecule has 2 fully saturated rings. The molecule has 0 radical (unpaired) electrons. The predicted octanol–water partition coefficient (Wildman–Crippen LogP) is 2.93. The van der Waals surface area contributed by atoms with E-state index in [0.29, 0.717) is 25.1 Å². The largest absolute Gasteiger partial charge is 0.497 e. The van der Waals surface area contributed by atoms with Gasteiger partial charge in [0.05, 0.1) is 12.0 Å². The lowest BCUT2D eigenvalue weighted by Crippen LogP contribution is -2.53. The van der Waals surface area contributed by atoms with Crippen molar-refractivity contribution in [2.24, 2.45) is 17.8 Å². The zero-order chi connectivity index (χ0) is 24.7. The summed E-state index contributed by atoms with van der Waals surface area (Å²) in [5, 5.41) is 3.03. The van der Waals surface area contributed by atoms with Gasteiger partial charge in [0.1, 0.15) is 11.8 Å². The van der Waals surface area contributed by atoms with Crippen LogP contribution in [0.2, 0.25) is 0 Å². The Labute approximate surface area is 203 Å². The first kappa shape index (κ1) is 26.5. The lowest BCUT2D eigenvalue weighted by atomic mass is 9.81. The van der Waals surface area contributed by atoms with Gasteiger partial charge in [-0.3, -0.25) is 9.59 Å². The first-order valence-electron chi connectivity index (χ1n) is 12.4. The Morgan fingerprint density at radius 1 is 1.03 bits per heavy atom. The minimum atomic E-state index is -3.59. The van der Waals surface area contributed by atoms with Gasteiger partial charge in [-0.05, 0) is 81.0 Å². The Morgan fingerprint density at radius 2 is 1.65 bits per heavy atom. The molecule has 8 nitrogen and oxygen atoms in total. The molecule has 190 valence electrons. The number of likely N-dealkylation sites (tertiary alicyclic amines) is 1. The molecule has 1 heterocycles. The van der Waals surface area contributed by atoms with Crippen molar-refractivity contribution in [1.82, 2.24) is 14.9 Å². The quantitative estimate of drug-likeness (QED) is 0.550. The second-order valence-electron chi connectivity index (χ2n) is 9.86. The molecule has 0 unspecified atom stereocenters. The van der Waals surface area contributed by atoms with Gasteiger partial charge in [0.15, 0.2) is 0 Å². The van der Waals surface area contributed by atoms with Crippen LogP contribution >= 0.6 is 0 Å². The summed E-state index contributed by atoms with van der Waals surface area (Å²) in [6.45, 7) is 5.84. The normalized spacial score (nSPS) is 22.3. The number of hydrogen-bond acceptors (Lipinski definition) is 5. The zero-order valence-electron chi connectivity index (χ0n) is 20.6. The number of carbonyl (C=O) groups excluding carboxylic acids is 2. The highest BCUT2D eigenvalue weighted by Gasteiger charge is 2.33. The average Bonchev–Trinajstić information content (AvgIpc) is 2.86. The van der Waals surface area contributed by atoms with Crippen LogP contribution < -0.4 is 14.8 Å². The van der Waals surface area contributed by atoms with E-state index in [1.807, 2.05) is 18.7 Å². The van der Waals surface area contributed by atoms with Crippen molar-refractivity contribution in [3.8, 4) is 5.75 Å². The minimum absolute atomic E-state index is 0.0297. The van der Waals surface area contributed by atoms with E-state index in [2.05, 4.69) is 10.0 Å². The van der Waals surface area contributed by atoms with Gasteiger partial charge in [0, 0.05) is 25.6 Å². The second kappa shape index (κ2) is 12.0. The third-order valence-electron chi connectivity index (χ3n) is 7.05. The molecule has 1 aliphatic carbocycles. The molecule has 1 saturated heterocycles. The molecule has 1 atom stereocenters. The van der Waals surface area contributed by atoms with Crippen LogP contribution in [-0.4, -0.2) is 57.9 Å². The fourth-order valence-corrected chi connectivity index (χ4v) is 5.91. The molecular formula is C25H39N3O5S. The molecule has 2 aliphatic rings. The van der Waals surface area contributed by atoms with Crippen LogP contribution in [0.4, 0.5) is 0 Å². The Kier molecular flexibility index (Phi) is 9.36. The molecule has 2 amide bonds. The monoisotopic (exact) mass is 493 g/mol. The number of nitrogens with zero attached hydrogens (tertiary/aromatic N) is 1. The standard InChI is InChI=1S/C25H39N3O5S/c1-18(2)23(25(30)28-15-5-4-6-16-28)27-24(29)20-9-7-19(8-10-20)17-26-34(31,32)22-13-11-21(33-3)12-14-22/h11-14,18-20,23,26H,4-10,15-17H2,1-3H3,(H,27,29)/t19?,20?,23-/m1/s1. The summed E-state index contributed by atoms with van der Waals surface area (Å²) in [4.78, 5) is 28.0. The van der Waals surface area contributed by atoms with Gasteiger partial charge in [-0.2, -0.15) is 0 Å². The van der Waals surface area contributed by atoms with Gasteiger partial charge in [0.2, 0.25) is 21.8 Å². The number of hydrogen-bond donors (Lipinski definition) is 2. The lowest BCUT2D eigenvalue weighted by Gasteiger charge is -2.34. The first-order valence-corrected chi connectivity index (χ1v) is 13.9. The summed E-state index contributed by atoms with van der Waals surface area (Å²) >= 11 is 0. The molecule has 1 saturated carbocycles. The Balaban J connectivity index is 1.47. The van der Waals surface area contributed by atoms with E-state index >= 15 is 0 Å².